The SMILES string of the molecule is CC(O)C1CCN(C(=O)NC2COCC2(C)C(=O)O)CC1. The predicted octanol–water partition coefficient (Wildman–Crippen LogP) is 0.279. The maximum atomic E-state index is 12.2. The number of urea groups is 1. The molecule has 0 aliphatic carbocycles. The van der Waals surface area contributed by atoms with Gasteiger partial charge in [-0.25, -0.2) is 4.79 Å². The Labute approximate surface area is 124 Å². The number of likely N-dealkylation sites (tertiary alicyclic amines) is 1. The van der Waals surface area contributed by atoms with Gasteiger partial charge in [0, 0.05) is 13.1 Å². The summed E-state index contributed by atoms with van der Waals surface area (Å²) in [5.74, 6) is -0.730. The molecule has 2 saturated heterocycles. The normalized spacial score (nSPS) is 32.0. The van der Waals surface area contributed by atoms with Crippen molar-refractivity contribution in [3.8, 4) is 0 Å². The van der Waals surface area contributed by atoms with Crippen molar-refractivity contribution >= 4 is 12.0 Å². The summed E-state index contributed by atoms with van der Waals surface area (Å²) in [5.41, 5.74) is -1.08. The second kappa shape index (κ2) is 6.19. The number of carboxylic acids is 1. The van der Waals surface area contributed by atoms with E-state index in [0.717, 1.165) is 12.8 Å². The number of rotatable bonds is 3. The van der Waals surface area contributed by atoms with Crippen molar-refractivity contribution < 1.29 is 24.5 Å². The summed E-state index contributed by atoms with van der Waals surface area (Å²) >= 11 is 0. The number of ether oxygens (including phenoxy) is 1. The molecule has 3 atom stereocenters. The zero-order valence-corrected chi connectivity index (χ0v) is 12.5. The first-order chi connectivity index (χ1) is 9.84. The van der Waals surface area contributed by atoms with Gasteiger partial charge < -0.3 is 25.2 Å². The number of aliphatic hydroxyl groups is 1. The van der Waals surface area contributed by atoms with Crippen LogP contribution in [0.1, 0.15) is 26.7 Å². The molecular formula is C14H24N2O5. The molecule has 3 unspecified atom stereocenters. The Morgan fingerprint density at radius 2 is 2.00 bits per heavy atom. The van der Waals surface area contributed by atoms with E-state index in [2.05, 4.69) is 5.32 Å². The number of hydrogen-bond acceptors (Lipinski definition) is 4. The van der Waals surface area contributed by atoms with Crippen LogP contribution in [-0.4, -0.2) is 65.6 Å². The van der Waals surface area contributed by atoms with E-state index in [4.69, 9.17) is 4.74 Å². The minimum absolute atomic E-state index is 0.109. The topological polar surface area (TPSA) is 99.1 Å². The van der Waals surface area contributed by atoms with Crippen LogP contribution in [0.5, 0.6) is 0 Å². The van der Waals surface area contributed by atoms with Gasteiger partial charge in [0.1, 0.15) is 5.41 Å². The highest BCUT2D eigenvalue weighted by atomic mass is 16.5. The fourth-order valence-corrected chi connectivity index (χ4v) is 2.91. The molecule has 0 saturated carbocycles. The fraction of sp³-hybridized carbons (Fsp3) is 0.857. The van der Waals surface area contributed by atoms with Crippen LogP contribution in [0.15, 0.2) is 0 Å². The summed E-state index contributed by atoms with van der Waals surface area (Å²) in [6.07, 6.45) is 1.18. The third kappa shape index (κ3) is 3.29. The monoisotopic (exact) mass is 300 g/mol. The number of carbonyl (C=O) groups is 2. The average molecular weight is 300 g/mol. The molecule has 7 nitrogen and oxygen atoms in total. The molecular weight excluding hydrogens is 276 g/mol. The van der Waals surface area contributed by atoms with Crippen LogP contribution in [-0.2, 0) is 9.53 Å². The molecule has 2 heterocycles. The minimum atomic E-state index is -1.08. The number of carboxylic acid groups (broad SMARTS) is 1. The minimum Gasteiger partial charge on any atom is -0.481 e. The van der Waals surface area contributed by atoms with Gasteiger partial charge in [-0.3, -0.25) is 4.79 Å². The van der Waals surface area contributed by atoms with Crippen molar-refractivity contribution in [2.24, 2.45) is 11.3 Å². The van der Waals surface area contributed by atoms with Crippen LogP contribution in [0, 0.1) is 11.3 Å². The van der Waals surface area contributed by atoms with Crippen LogP contribution in [0.4, 0.5) is 4.79 Å². The standard InChI is InChI=1S/C14H24N2O5/c1-9(17)10-3-5-16(6-4-10)13(20)15-11-7-21-8-14(11,2)12(18)19/h9-11,17H,3-8H2,1-2H3,(H,15,20)(H,18,19). The highest BCUT2D eigenvalue weighted by Gasteiger charge is 2.47. The molecule has 0 aromatic carbocycles. The molecule has 7 heteroatoms. The Hall–Kier alpha value is -1.34. The molecule has 0 bridgehead atoms. The fourth-order valence-electron chi connectivity index (χ4n) is 2.91. The van der Waals surface area contributed by atoms with E-state index in [-0.39, 0.29) is 31.3 Å². The van der Waals surface area contributed by atoms with Crippen molar-refractivity contribution in [3.63, 3.8) is 0 Å². The maximum Gasteiger partial charge on any atom is 0.317 e. The Morgan fingerprint density at radius 1 is 1.38 bits per heavy atom. The number of nitrogens with one attached hydrogen (secondary N) is 1. The zero-order chi connectivity index (χ0) is 15.6. The van der Waals surface area contributed by atoms with Gasteiger partial charge in [0.2, 0.25) is 0 Å². The number of carbonyl (C=O) groups excluding carboxylic acids is 1. The number of hydrogen-bond donors (Lipinski definition) is 3. The van der Waals surface area contributed by atoms with E-state index in [9.17, 15) is 19.8 Å². The van der Waals surface area contributed by atoms with E-state index in [0.29, 0.717) is 13.1 Å². The van der Waals surface area contributed by atoms with Gasteiger partial charge in [0.05, 0.1) is 25.4 Å². The second-order valence-electron chi connectivity index (χ2n) is 6.30. The number of piperidine rings is 1. The van der Waals surface area contributed by atoms with E-state index in [1.807, 2.05) is 0 Å². The van der Waals surface area contributed by atoms with E-state index in [1.54, 1.807) is 18.7 Å². The van der Waals surface area contributed by atoms with Crippen molar-refractivity contribution in [2.45, 2.75) is 38.8 Å². The van der Waals surface area contributed by atoms with Crippen molar-refractivity contribution in [3.05, 3.63) is 0 Å². The number of amides is 2. The lowest BCUT2D eigenvalue weighted by Gasteiger charge is -2.35. The molecule has 21 heavy (non-hydrogen) atoms. The van der Waals surface area contributed by atoms with Gasteiger partial charge in [-0.1, -0.05) is 0 Å². The average Bonchev–Trinajstić information content (AvgIpc) is 2.81. The Bertz CT molecular complexity index is 406. The van der Waals surface area contributed by atoms with Gasteiger partial charge in [-0.15, -0.1) is 0 Å². The van der Waals surface area contributed by atoms with Crippen molar-refractivity contribution in [1.29, 1.82) is 0 Å². The molecule has 2 fully saturated rings. The first-order valence-electron chi connectivity index (χ1n) is 7.39. The Kier molecular flexibility index (Phi) is 4.73. The molecule has 0 spiro atoms. The summed E-state index contributed by atoms with van der Waals surface area (Å²) in [7, 11) is 0. The van der Waals surface area contributed by atoms with Crippen molar-refractivity contribution in [1.82, 2.24) is 10.2 Å². The summed E-state index contributed by atoms with van der Waals surface area (Å²) in [6.45, 7) is 4.86. The molecule has 3 N–H and O–H groups in total. The molecule has 2 amide bonds. The van der Waals surface area contributed by atoms with Crippen LogP contribution < -0.4 is 5.32 Å². The lowest BCUT2D eigenvalue weighted by atomic mass is 9.85. The quantitative estimate of drug-likeness (QED) is 0.695. The molecule has 0 radical (unpaired) electrons. The summed E-state index contributed by atoms with van der Waals surface area (Å²) in [6, 6.07) is -0.765. The molecule has 2 rings (SSSR count). The first kappa shape index (κ1) is 16.0. The Morgan fingerprint density at radius 3 is 2.52 bits per heavy atom. The lowest BCUT2D eigenvalue weighted by molar-refractivity contribution is -0.148. The number of aliphatic hydroxyl groups excluding tert-OH is 1. The second-order valence-corrected chi connectivity index (χ2v) is 6.30. The molecule has 0 aromatic rings. The van der Waals surface area contributed by atoms with Gasteiger partial charge >= 0.3 is 12.0 Å². The van der Waals surface area contributed by atoms with Crippen molar-refractivity contribution in [2.75, 3.05) is 26.3 Å². The molecule has 2 aliphatic heterocycles. The van der Waals surface area contributed by atoms with E-state index < -0.39 is 17.4 Å². The number of aliphatic carboxylic acids is 1. The lowest BCUT2D eigenvalue weighted by Crippen LogP contribution is -2.54. The van der Waals surface area contributed by atoms with Crippen LogP contribution >= 0.6 is 0 Å². The molecule has 120 valence electrons. The molecule has 0 aromatic heterocycles. The maximum absolute atomic E-state index is 12.2. The van der Waals surface area contributed by atoms with E-state index in [1.165, 1.54) is 0 Å². The summed E-state index contributed by atoms with van der Waals surface area (Å²) in [4.78, 5) is 25.3. The van der Waals surface area contributed by atoms with Gasteiger partial charge in [0.15, 0.2) is 0 Å². The van der Waals surface area contributed by atoms with Gasteiger partial charge in [-0.2, -0.15) is 0 Å². The number of nitrogens with zero attached hydrogens (tertiary/aromatic N) is 1. The summed E-state index contributed by atoms with van der Waals surface area (Å²) < 4.78 is 5.22. The van der Waals surface area contributed by atoms with Gasteiger partial charge in [0.25, 0.3) is 0 Å². The smallest absolute Gasteiger partial charge is 0.317 e. The Balaban J connectivity index is 1.89. The highest BCUT2D eigenvalue weighted by molar-refractivity contribution is 5.79. The third-order valence-corrected chi connectivity index (χ3v) is 4.75. The predicted molar refractivity (Wildman–Crippen MR) is 74.9 cm³/mol. The highest BCUT2D eigenvalue weighted by Crippen LogP contribution is 2.29. The first-order valence-corrected chi connectivity index (χ1v) is 7.39. The third-order valence-electron chi connectivity index (χ3n) is 4.75. The largest absolute Gasteiger partial charge is 0.481 e. The van der Waals surface area contributed by atoms with Crippen LogP contribution in [0.3, 0.4) is 0 Å². The molecule has 2 aliphatic rings. The zero-order valence-electron chi connectivity index (χ0n) is 12.5. The van der Waals surface area contributed by atoms with Gasteiger partial charge in [-0.05, 0) is 32.6 Å². The summed E-state index contributed by atoms with van der Waals surface area (Å²) in [5, 5.41) is 21.6. The van der Waals surface area contributed by atoms with Crippen LogP contribution in [0.25, 0.3) is 0 Å². The van der Waals surface area contributed by atoms with E-state index >= 15 is 0 Å². The van der Waals surface area contributed by atoms with Crippen LogP contribution in [0.2, 0.25) is 0 Å².